The molecule has 0 radical (unpaired) electrons. The van der Waals surface area contributed by atoms with E-state index in [9.17, 15) is 9.90 Å². The van der Waals surface area contributed by atoms with Crippen LogP contribution in [0.4, 0.5) is 0 Å². The number of ether oxygens (including phenoxy) is 1. The van der Waals surface area contributed by atoms with Gasteiger partial charge in [0.15, 0.2) is 5.82 Å². The zero-order valence-electron chi connectivity index (χ0n) is 19.3. The summed E-state index contributed by atoms with van der Waals surface area (Å²) in [5, 5.41) is 14.5. The fourth-order valence-electron chi connectivity index (χ4n) is 3.45. The van der Waals surface area contributed by atoms with Gasteiger partial charge in [-0.2, -0.15) is 5.10 Å². The van der Waals surface area contributed by atoms with Crippen molar-refractivity contribution in [1.82, 2.24) is 29.3 Å². The Morgan fingerprint density at radius 2 is 1.82 bits per heavy atom. The van der Waals surface area contributed by atoms with Crippen LogP contribution in [0.1, 0.15) is 36.6 Å². The number of pyridine rings is 2. The molecule has 9 nitrogen and oxygen atoms in total. The van der Waals surface area contributed by atoms with Gasteiger partial charge in [0, 0.05) is 37.4 Å². The molecule has 0 aliphatic rings. The van der Waals surface area contributed by atoms with E-state index in [-0.39, 0.29) is 12.2 Å². The number of aliphatic hydroxyl groups is 1. The van der Waals surface area contributed by atoms with Crippen LogP contribution in [0, 0.1) is 13.8 Å². The van der Waals surface area contributed by atoms with Crippen LogP contribution < -0.4 is 10.3 Å². The predicted octanol–water partition coefficient (Wildman–Crippen LogP) is 2.85. The SMILES string of the molecule is Cc1c(OCc2ccn(C)n2)cc(C)n(-c2ccnc(-c3ccnc(C(C)(C)O)n3)c2)c1=O. The molecule has 0 amide bonds. The lowest BCUT2D eigenvalue weighted by atomic mass is 10.1. The molecular formula is C24H26N6O3. The zero-order valence-corrected chi connectivity index (χ0v) is 19.3. The summed E-state index contributed by atoms with van der Waals surface area (Å²) < 4.78 is 9.21. The second-order valence-electron chi connectivity index (χ2n) is 8.41. The lowest BCUT2D eigenvalue weighted by Gasteiger charge is -2.17. The van der Waals surface area contributed by atoms with Gasteiger partial charge in [0.1, 0.15) is 18.0 Å². The molecule has 0 unspecified atom stereocenters. The Labute approximate surface area is 191 Å². The summed E-state index contributed by atoms with van der Waals surface area (Å²) in [6, 6.07) is 8.99. The van der Waals surface area contributed by atoms with Crippen LogP contribution in [0.3, 0.4) is 0 Å². The Bertz CT molecular complexity index is 1370. The lowest BCUT2D eigenvalue weighted by molar-refractivity contribution is 0.0688. The third-order valence-electron chi connectivity index (χ3n) is 5.20. The minimum Gasteiger partial charge on any atom is -0.487 e. The first-order valence-electron chi connectivity index (χ1n) is 10.5. The maximum absolute atomic E-state index is 13.2. The average molecular weight is 447 g/mol. The van der Waals surface area contributed by atoms with E-state index in [0.717, 1.165) is 11.4 Å². The molecule has 0 fully saturated rings. The molecule has 0 aromatic carbocycles. The maximum Gasteiger partial charge on any atom is 0.261 e. The van der Waals surface area contributed by atoms with E-state index < -0.39 is 5.60 Å². The molecule has 4 rings (SSSR count). The highest BCUT2D eigenvalue weighted by Crippen LogP contribution is 2.23. The van der Waals surface area contributed by atoms with E-state index in [1.54, 1.807) is 60.6 Å². The Morgan fingerprint density at radius 1 is 1.06 bits per heavy atom. The second-order valence-corrected chi connectivity index (χ2v) is 8.41. The predicted molar refractivity (Wildman–Crippen MR) is 123 cm³/mol. The fourth-order valence-corrected chi connectivity index (χ4v) is 3.45. The third kappa shape index (κ3) is 4.68. The first kappa shape index (κ1) is 22.3. The molecule has 1 N–H and O–H groups in total. The molecule has 4 aromatic heterocycles. The number of rotatable bonds is 6. The smallest absolute Gasteiger partial charge is 0.261 e. The van der Waals surface area contributed by atoms with Gasteiger partial charge in [0.05, 0.1) is 28.3 Å². The number of aromatic nitrogens is 6. The van der Waals surface area contributed by atoms with E-state index >= 15 is 0 Å². The van der Waals surface area contributed by atoms with E-state index in [1.165, 1.54) is 0 Å². The van der Waals surface area contributed by atoms with Gasteiger partial charge >= 0.3 is 0 Å². The van der Waals surface area contributed by atoms with Crippen molar-refractivity contribution in [2.45, 2.75) is 39.9 Å². The van der Waals surface area contributed by atoms with Crippen LogP contribution in [0.2, 0.25) is 0 Å². The number of hydrogen-bond acceptors (Lipinski definition) is 7. The molecule has 0 saturated carbocycles. The minimum absolute atomic E-state index is 0.178. The van der Waals surface area contributed by atoms with E-state index in [4.69, 9.17) is 4.74 Å². The highest BCUT2D eigenvalue weighted by molar-refractivity contribution is 5.57. The zero-order chi connectivity index (χ0) is 23.8. The van der Waals surface area contributed by atoms with Crippen molar-refractivity contribution in [2.24, 2.45) is 7.05 Å². The molecule has 170 valence electrons. The quantitative estimate of drug-likeness (QED) is 0.485. The molecule has 4 aromatic rings. The van der Waals surface area contributed by atoms with Crippen LogP contribution in [0.25, 0.3) is 17.1 Å². The van der Waals surface area contributed by atoms with Crippen LogP contribution >= 0.6 is 0 Å². The van der Waals surface area contributed by atoms with Gasteiger partial charge in [-0.15, -0.1) is 0 Å². The number of nitrogens with zero attached hydrogens (tertiary/aromatic N) is 6. The van der Waals surface area contributed by atoms with Gasteiger partial charge < -0.3 is 9.84 Å². The first-order valence-corrected chi connectivity index (χ1v) is 10.5. The molecule has 0 aliphatic carbocycles. The topological polar surface area (TPSA) is 108 Å². The minimum atomic E-state index is -1.18. The fraction of sp³-hybridized carbons (Fsp3) is 0.292. The average Bonchev–Trinajstić information content (AvgIpc) is 3.20. The van der Waals surface area contributed by atoms with Gasteiger partial charge in [-0.25, -0.2) is 9.97 Å². The van der Waals surface area contributed by atoms with Gasteiger partial charge in [-0.05, 0) is 52.0 Å². The van der Waals surface area contributed by atoms with Crippen molar-refractivity contribution >= 4 is 0 Å². The van der Waals surface area contributed by atoms with Gasteiger partial charge in [0.25, 0.3) is 5.56 Å². The van der Waals surface area contributed by atoms with Gasteiger partial charge in [-0.1, -0.05) is 0 Å². The van der Waals surface area contributed by atoms with E-state index in [2.05, 4.69) is 20.1 Å². The summed E-state index contributed by atoms with van der Waals surface area (Å²) in [6.45, 7) is 7.12. The largest absolute Gasteiger partial charge is 0.487 e. The molecule has 0 aliphatic heterocycles. The standard InChI is InChI=1S/C24H26N6O3/c1-15-12-21(33-14-17-8-11-29(5)28-17)16(2)22(31)30(15)18-6-9-25-20(13-18)19-7-10-26-23(27-19)24(3,4)32/h6-13,32H,14H2,1-5H3. The first-order chi connectivity index (χ1) is 15.6. The Kier molecular flexibility index (Phi) is 5.82. The third-order valence-corrected chi connectivity index (χ3v) is 5.20. The highest BCUT2D eigenvalue weighted by Gasteiger charge is 2.20. The molecular weight excluding hydrogens is 420 g/mol. The Balaban J connectivity index is 1.69. The summed E-state index contributed by atoms with van der Waals surface area (Å²) in [6.07, 6.45) is 5.06. The highest BCUT2D eigenvalue weighted by atomic mass is 16.5. The summed E-state index contributed by atoms with van der Waals surface area (Å²) in [4.78, 5) is 26.2. The normalized spacial score (nSPS) is 11.6. The van der Waals surface area contributed by atoms with Crippen molar-refractivity contribution in [1.29, 1.82) is 0 Å². The lowest BCUT2D eigenvalue weighted by Crippen LogP contribution is -2.23. The number of hydrogen-bond donors (Lipinski definition) is 1. The van der Waals surface area contributed by atoms with E-state index in [0.29, 0.717) is 34.2 Å². The molecule has 0 atom stereocenters. The summed E-state index contributed by atoms with van der Waals surface area (Å²) in [5.41, 5.74) is 2.44. The van der Waals surface area contributed by atoms with Crippen LogP contribution in [-0.2, 0) is 19.3 Å². The Morgan fingerprint density at radius 3 is 2.52 bits per heavy atom. The molecule has 0 saturated heterocycles. The van der Waals surface area contributed by atoms with E-state index in [1.807, 2.05) is 32.3 Å². The molecule has 0 spiro atoms. The summed E-state index contributed by atoms with van der Waals surface area (Å²) in [5.74, 6) is 0.824. The van der Waals surface area contributed by atoms with Crippen molar-refractivity contribution in [2.75, 3.05) is 0 Å². The molecule has 4 heterocycles. The summed E-state index contributed by atoms with van der Waals surface area (Å²) >= 11 is 0. The van der Waals surface area contributed by atoms with Crippen molar-refractivity contribution in [3.05, 3.63) is 82.1 Å². The summed E-state index contributed by atoms with van der Waals surface area (Å²) in [7, 11) is 1.84. The number of aryl methyl sites for hydroxylation is 2. The van der Waals surface area contributed by atoms with Crippen molar-refractivity contribution in [3.8, 4) is 22.8 Å². The van der Waals surface area contributed by atoms with Gasteiger partial charge in [0.2, 0.25) is 0 Å². The Hall–Kier alpha value is -3.85. The van der Waals surface area contributed by atoms with Crippen LogP contribution in [0.15, 0.2) is 53.7 Å². The molecule has 9 heteroatoms. The molecule has 0 bridgehead atoms. The van der Waals surface area contributed by atoms with Crippen molar-refractivity contribution < 1.29 is 9.84 Å². The van der Waals surface area contributed by atoms with Crippen LogP contribution in [-0.4, -0.2) is 34.4 Å². The van der Waals surface area contributed by atoms with Gasteiger partial charge in [-0.3, -0.25) is 19.0 Å². The molecule has 33 heavy (non-hydrogen) atoms. The maximum atomic E-state index is 13.2. The second kappa shape index (κ2) is 8.59. The van der Waals surface area contributed by atoms with Crippen LogP contribution in [0.5, 0.6) is 5.75 Å². The monoisotopic (exact) mass is 446 g/mol. The van der Waals surface area contributed by atoms with Crippen molar-refractivity contribution in [3.63, 3.8) is 0 Å².